The van der Waals surface area contributed by atoms with Crippen LogP contribution < -0.4 is 11.1 Å². The average Bonchev–Trinajstić information content (AvgIpc) is 2.11. The first-order chi connectivity index (χ1) is 6.40. The molecule has 0 aliphatic heterocycles. The third-order valence-electron chi connectivity index (χ3n) is 3.49. The molecule has 1 amide bonds. The fourth-order valence-corrected chi connectivity index (χ4v) is 1.61. The number of nitrogens with one attached hydrogen (secondary N) is 1. The van der Waals surface area contributed by atoms with E-state index in [0.29, 0.717) is 11.8 Å². The monoisotopic (exact) mass is 198 g/mol. The zero-order valence-electron chi connectivity index (χ0n) is 9.52. The molecule has 1 atom stereocenters. The van der Waals surface area contributed by atoms with Crippen LogP contribution in [0.15, 0.2) is 0 Å². The van der Waals surface area contributed by atoms with Gasteiger partial charge < -0.3 is 11.1 Å². The molecule has 3 nitrogen and oxygen atoms in total. The summed E-state index contributed by atoms with van der Waals surface area (Å²) in [4.78, 5) is 11.6. The van der Waals surface area contributed by atoms with Crippen molar-refractivity contribution in [2.45, 2.75) is 52.0 Å². The van der Waals surface area contributed by atoms with Crippen molar-refractivity contribution in [1.29, 1.82) is 0 Å². The summed E-state index contributed by atoms with van der Waals surface area (Å²) in [6.07, 6.45) is 4.41. The van der Waals surface area contributed by atoms with Crippen molar-refractivity contribution >= 4 is 5.91 Å². The summed E-state index contributed by atoms with van der Waals surface area (Å²) in [5, 5.41) is 2.95. The van der Waals surface area contributed by atoms with Crippen molar-refractivity contribution in [2.24, 2.45) is 11.1 Å². The lowest BCUT2D eigenvalue weighted by molar-refractivity contribution is -0.126. The molecule has 0 heterocycles. The van der Waals surface area contributed by atoms with Crippen LogP contribution in [-0.2, 0) is 4.79 Å². The highest BCUT2D eigenvalue weighted by atomic mass is 16.2. The molecule has 82 valence electrons. The van der Waals surface area contributed by atoms with E-state index in [-0.39, 0.29) is 5.91 Å². The lowest BCUT2D eigenvalue weighted by atomic mass is 9.70. The Labute approximate surface area is 86.4 Å². The number of hydrogen-bond acceptors (Lipinski definition) is 2. The van der Waals surface area contributed by atoms with E-state index in [2.05, 4.69) is 12.2 Å². The van der Waals surface area contributed by atoms with Gasteiger partial charge in [-0.3, -0.25) is 4.79 Å². The highest BCUT2D eigenvalue weighted by molar-refractivity contribution is 5.85. The summed E-state index contributed by atoms with van der Waals surface area (Å²) in [5.74, 6) is -0.0203. The Morgan fingerprint density at radius 2 is 2.14 bits per heavy atom. The van der Waals surface area contributed by atoms with Crippen molar-refractivity contribution in [1.82, 2.24) is 5.32 Å². The van der Waals surface area contributed by atoms with Gasteiger partial charge in [0.1, 0.15) is 0 Å². The fraction of sp³-hybridized carbons (Fsp3) is 0.909. The molecule has 1 unspecified atom stereocenters. The second-order valence-electron chi connectivity index (χ2n) is 5.12. The summed E-state index contributed by atoms with van der Waals surface area (Å²) in [6, 6.07) is 0. The van der Waals surface area contributed by atoms with Crippen molar-refractivity contribution < 1.29 is 4.79 Å². The second-order valence-corrected chi connectivity index (χ2v) is 5.12. The van der Waals surface area contributed by atoms with E-state index in [9.17, 15) is 4.79 Å². The molecule has 3 heteroatoms. The first kappa shape index (κ1) is 11.5. The summed E-state index contributed by atoms with van der Waals surface area (Å²) < 4.78 is 0. The average molecular weight is 198 g/mol. The van der Waals surface area contributed by atoms with Crippen molar-refractivity contribution in [2.75, 3.05) is 6.54 Å². The Balaban J connectivity index is 2.34. The molecule has 0 bridgehead atoms. The predicted octanol–water partition coefficient (Wildman–Crippen LogP) is 1.42. The number of rotatable bonds is 4. The van der Waals surface area contributed by atoms with Crippen LogP contribution in [0.25, 0.3) is 0 Å². The van der Waals surface area contributed by atoms with E-state index >= 15 is 0 Å². The number of carbonyl (C=O) groups excluding carboxylic acids is 1. The van der Waals surface area contributed by atoms with Crippen LogP contribution in [0.1, 0.15) is 46.5 Å². The van der Waals surface area contributed by atoms with Gasteiger partial charge in [-0.1, -0.05) is 20.3 Å². The van der Waals surface area contributed by atoms with Gasteiger partial charge >= 0.3 is 0 Å². The summed E-state index contributed by atoms with van der Waals surface area (Å²) in [5.41, 5.74) is 5.46. The minimum absolute atomic E-state index is 0.0203. The molecular formula is C11H22N2O. The molecule has 1 rings (SSSR count). The van der Waals surface area contributed by atoms with E-state index in [1.807, 2.05) is 6.92 Å². The normalized spacial score (nSPS) is 23.4. The van der Waals surface area contributed by atoms with E-state index in [1.54, 1.807) is 6.92 Å². The maximum atomic E-state index is 11.6. The second kappa shape index (κ2) is 3.89. The molecule has 0 aromatic heterocycles. The van der Waals surface area contributed by atoms with Gasteiger partial charge in [-0.25, -0.2) is 0 Å². The largest absolute Gasteiger partial charge is 0.354 e. The molecule has 14 heavy (non-hydrogen) atoms. The Morgan fingerprint density at radius 3 is 2.50 bits per heavy atom. The smallest absolute Gasteiger partial charge is 0.239 e. The molecular weight excluding hydrogens is 176 g/mol. The molecule has 1 fully saturated rings. The third-order valence-corrected chi connectivity index (χ3v) is 3.49. The van der Waals surface area contributed by atoms with Crippen LogP contribution in [0.3, 0.4) is 0 Å². The maximum absolute atomic E-state index is 11.6. The van der Waals surface area contributed by atoms with E-state index in [0.717, 1.165) is 6.54 Å². The minimum Gasteiger partial charge on any atom is -0.354 e. The van der Waals surface area contributed by atoms with Gasteiger partial charge in [-0.05, 0) is 31.6 Å². The molecule has 3 N–H and O–H groups in total. The Hall–Kier alpha value is -0.570. The third kappa shape index (κ3) is 2.47. The Morgan fingerprint density at radius 1 is 1.57 bits per heavy atom. The van der Waals surface area contributed by atoms with Crippen LogP contribution in [0.2, 0.25) is 0 Å². The Bertz CT molecular complexity index is 219. The number of hydrogen-bond donors (Lipinski definition) is 2. The molecule has 0 saturated heterocycles. The number of carbonyl (C=O) groups is 1. The van der Waals surface area contributed by atoms with Gasteiger partial charge in [0.05, 0.1) is 5.54 Å². The molecule has 1 aliphatic rings. The highest BCUT2D eigenvalue weighted by Gasteiger charge is 2.34. The van der Waals surface area contributed by atoms with E-state index in [4.69, 9.17) is 5.73 Å². The number of nitrogens with two attached hydrogens (primary N) is 1. The van der Waals surface area contributed by atoms with Crippen molar-refractivity contribution in [3.8, 4) is 0 Å². The predicted molar refractivity (Wildman–Crippen MR) is 57.9 cm³/mol. The van der Waals surface area contributed by atoms with E-state index in [1.165, 1.54) is 19.3 Å². The Kier molecular flexibility index (Phi) is 3.20. The summed E-state index contributed by atoms with van der Waals surface area (Å²) >= 11 is 0. The molecule has 0 aromatic rings. The molecule has 0 spiro atoms. The van der Waals surface area contributed by atoms with Gasteiger partial charge in [-0.15, -0.1) is 0 Å². The van der Waals surface area contributed by atoms with Crippen LogP contribution in [0.4, 0.5) is 0 Å². The van der Waals surface area contributed by atoms with Gasteiger partial charge in [0.2, 0.25) is 5.91 Å². The first-order valence-electron chi connectivity index (χ1n) is 5.47. The van der Waals surface area contributed by atoms with Gasteiger partial charge in [0.25, 0.3) is 0 Å². The maximum Gasteiger partial charge on any atom is 0.239 e. The molecule has 1 saturated carbocycles. The topological polar surface area (TPSA) is 55.1 Å². The molecule has 0 aromatic carbocycles. The lowest BCUT2D eigenvalue weighted by Crippen LogP contribution is -2.53. The standard InChI is InChI=1S/C11H22N2O/c1-4-11(3,12)9(14)13-8-10(2)6-5-7-10/h4-8,12H2,1-3H3,(H,13,14). The van der Waals surface area contributed by atoms with Gasteiger partial charge in [0, 0.05) is 6.54 Å². The van der Waals surface area contributed by atoms with Crippen LogP contribution in [0, 0.1) is 5.41 Å². The summed E-state index contributed by atoms with van der Waals surface area (Å²) in [6.45, 7) is 6.71. The number of amides is 1. The summed E-state index contributed by atoms with van der Waals surface area (Å²) in [7, 11) is 0. The highest BCUT2D eigenvalue weighted by Crippen LogP contribution is 2.39. The van der Waals surface area contributed by atoms with E-state index < -0.39 is 5.54 Å². The lowest BCUT2D eigenvalue weighted by Gasteiger charge is -2.39. The van der Waals surface area contributed by atoms with Crippen molar-refractivity contribution in [3.05, 3.63) is 0 Å². The molecule has 1 aliphatic carbocycles. The fourth-order valence-electron chi connectivity index (χ4n) is 1.61. The van der Waals surface area contributed by atoms with Crippen LogP contribution in [0.5, 0.6) is 0 Å². The van der Waals surface area contributed by atoms with Crippen molar-refractivity contribution in [3.63, 3.8) is 0 Å². The quantitative estimate of drug-likeness (QED) is 0.718. The molecule has 0 radical (unpaired) electrons. The SMILES string of the molecule is CCC(C)(N)C(=O)NCC1(C)CCC1. The minimum atomic E-state index is -0.708. The van der Waals surface area contributed by atoms with Gasteiger partial charge in [0.15, 0.2) is 0 Å². The van der Waals surface area contributed by atoms with Gasteiger partial charge in [-0.2, -0.15) is 0 Å². The zero-order chi connectivity index (χ0) is 10.8. The van der Waals surface area contributed by atoms with Crippen LogP contribution in [-0.4, -0.2) is 18.0 Å². The zero-order valence-corrected chi connectivity index (χ0v) is 9.52. The first-order valence-corrected chi connectivity index (χ1v) is 5.47. The van der Waals surface area contributed by atoms with Crippen LogP contribution >= 0.6 is 0 Å².